The summed E-state index contributed by atoms with van der Waals surface area (Å²) in [5, 5.41) is 0. The van der Waals surface area contributed by atoms with Crippen molar-refractivity contribution in [1.29, 1.82) is 0 Å². The van der Waals surface area contributed by atoms with E-state index in [9.17, 15) is 14.4 Å². The van der Waals surface area contributed by atoms with Gasteiger partial charge in [-0.25, -0.2) is 4.79 Å². The minimum Gasteiger partial charge on any atom is -0.444 e. The normalized spacial score (nSPS) is 17.7. The summed E-state index contributed by atoms with van der Waals surface area (Å²) in [6.07, 6.45) is -0.713. The van der Waals surface area contributed by atoms with E-state index < -0.39 is 11.7 Å². The highest BCUT2D eigenvalue weighted by Gasteiger charge is 2.33. The van der Waals surface area contributed by atoms with Crippen molar-refractivity contribution in [3.63, 3.8) is 0 Å². The van der Waals surface area contributed by atoms with Gasteiger partial charge >= 0.3 is 6.09 Å². The first-order chi connectivity index (χ1) is 12.1. The summed E-state index contributed by atoms with van der Waals surface area (Å²) in [6, 6.07) is 0. The average molecular weight is 436 g/mol. The summed E-state index contributed by atoms with van der Waals surface area (Å²) in [6.45, 7) is 5.66. The Bertz CT molecular complexity index is 595. The van der Waals surface area contributed by atoms with Crippen LogP contribution in [0.25, 0.3) is 0 Å². The number of carbonyl (C=O) groups excluding carboxylic acids is 3. The van der Waals surface area contributed by atoms with E-state index >= 15 is 0 Å². The van der Waals surface area contributed by atoms with Crippen LogP contribution in [0, 0.1) is 0 Å². The van der Waals surface area contributed by atoms with Crippen LogP contribution in [0.1, 0.15) is 20.8 Å². The Hall–Kier alpha value is -0.910. The Kier molecular flexibility index (Phi) is 7.28. The lowest BCUT2D eigenvalue weighted by atomic mass is 10.2. The van der Waals surface area contributed by atoms with Crippen molar-refractivity contribution in [3.8, 4) is 0 Å². The summed E-state index contributed by atoms with van der Waals surface area (Å²) in [7, 11) is 0. The molecule has 144 valence electrons. The molecule has 0 aliphatic carbocycles. The van der Waals surface area contributed by atoms with Crippen LogP contribution in [0.2, 0.25) is 0 Å². The standard InChI is InChI=1S/C15H21N3O4S4/c1-15(2,3)22-12(21)16(8-10(19)17-4-6-25-13(17)23)9-11(20)18-5-7-26-14(18)24/h4-9H2,1-3H3. The molecule has 0 N–H and O–H groups in total. The predicted molar refractivity (Wildman–Crippen MR) is 111 cm³/mol. The van der Waals surface area contributed by atoms with Gasteiger partial charge in [0.25, 0.3) is 0 Å². The Morgan fingerprint density at radius 3 is 1.73 bits per heavy atom. The van der Waals surface area contributed by atoms with Crippen molar-refractivity contribution in [2.75, 3.05) is 37.7 Å². The van der Waals surface area contributed by atoms with Gasteiger partial charge in [-0.15, -0.1) is 0 Å². The number of hydrogen-bond donors (Lipinski definition) is 0. The van der Waals surface area contributed by atoms with Gasteiger partial charge in [0, 0.05) is 24.6 Å². The maximum atomic E-state index is 12.5. The van der Waals surface area contributed by atoms with E-state index in [2.05, 4.69) is 0 Å². The van der Waals surface area contributed by atoms with Crippen molar-refractivity contribution in [3.05, 3.63) is 0 Å². The Labute approximate surface area is 172 Å². The highest BCUT2D eigenvalue weighted by Crippen LogP contribution is 2.20. The lowest BCUT2D eigenvalue weighted by molar-refractivity contribution is -0.131. The Morgan fingerprint density at radius 2 is 1.42 bits per heavy atom. The van der Waals surface area contributed by atoms with Crippen molar-refractivity contribution < 1.29 is 19.1 Å². The molecule has 0 aromatic rings. The molecule has 2 aliphatic rings. The first-order valence-electron chi connectivity index (χ1n) is 8.00. The van der Waals surface area contributed by atoms with Gasteiger partial charge in [0.15, 0.2) is 0 Å². The molecule has 0 saturated carbocycles. The average Bonchev–Trinajstić information content (AvgIpc) is 3.12. The quantitative estimate of drug-likeness (QED) is 0.621. The summed E-state index contributed by atoms with van der Waals surface area (Å²) in [5.41, 5.74) is -0.737. The zero-order chi connectivity index (χ0) is 19.5. The van der Waals surface area contributed by atoms with Gasteiger partial charge in [0.2, 0.25) is 11.8 Å². The summed E-state index contributed by atoms with van der Waals surface area (Å²) in [4.78, 5) is 41.6. The molecule has 0 atom stereocenters. The summed E-state index contributed by atoms with van der Waals surface area (Å²) in [5.74, 6) is 0.818. The number of ether oxygens (including phenoxy) is 1. The van der Waals surface area contributed by atoms with E-state index in [0.717, 1.165) is 16.4 Å². The van der Waals surface area contributed by atoms with E-state index in [1.54, 1.807) is 20.8 Å². The van der Waals surface area contributed by atoms with E-state index in [1.165, 1.54) is 33.3 Å². The van der Waals surface area contributed by atoms with Gasteiger partial charge in [0.1, 0.15) is 27.3 Å². The van der Waals surface area contributed by atoms with Crippen LogP contribution in [-0.4, -0.2) is 84.5 Å². The first kappa shape index (κ1) is 21.4. The number of hydrogen-bond acceptors (Lipinski definition) is 8. The molecular weight excluding hydrogens is 414 g/mol. The SMILES string of the molecule is CC(C)(C)OC(=O)N(CC(=O)N1CCSC1=S)CC(=O)N1CCSC1=S. The van der Waals surface area contributed by atoms with Gasteiger partial charge in [-0.1, -0.05) is 48.0 Å². The highest BCUT2D eigenvalue weighted by atomic mass is 32.2. The summed E-state index contributed by atoms with van der Waals surface area (Å²) < 4.78 is 6.33. The molecule has 11 heteroatoms. The van der Waals surface area contributed by atoms with Crippen molar-refractivity contribution in [1.82, 2.24) is 14.7 Å². The zero-order valence-electron chi connectivity index (χ0n) is 14.9. The van der Waals surface area contributed by atoms with Crippen LogP contribution >= 0.6 is 48.0 Å². The van der Waals surface area contributed by atoms with E-state index in [-0.39, 0.29) is 24.9 Å². The topological polar surface area (TPSA) is 70.2 Å². The molecule has 0 unspecified atom stereocenters. The van der Waals surface area contributed by atoms with Gasteiger partial charge in [-0.3, -0.25) is 24.3 Å². The molecule has 2 rings (SSSR count). The van der Waals surface area contributed by atoms with Crippen molar-refractivity contribution >= 4 is 74.5 Å². The largest absolute Gasteiger partial charge is 0.444 e. The maximum absolute atomic E-state index is 12.5. The second-order valence-electron chi connectivity index (χ2n) is 6.66. The number of nitrogens with zero attached hydrogens (tertiary/aromatic N) is 3. The molecule has 0 radical (unpaired) electrons. The highest BCUT2D eigenvalue weighted by molar-refractivity contribution is 8.23. The van der Waals surface area contributed by atoms with Crippen LogP contribution in [-0.2, 0) is 14.3 Å². The van der Waals surface area contributed by atoms with Gasteiger partial charge in [-0.05, 0) is 20.8 Å². The van der Waals surface area contributed by atoms with E-state index in [4.69, 9.17) is 29.2 Å². The number of amides is 3. The van der Waals surface area contributed by atoms with Crippen LogP contribution in [0.3, 0.4) is 0 Å². The third-order valence-electron chi connectivity index (χ3n) is 3.43. The number of thioether (sulfide) groups is 2. The third-order valence-corrected chi connectivity index (χ3v) is 6.28. The Balaban J connectivity index is 2.09. The van der Waals surface area contributed by atoms with Gasteiger partial charge in [-0.2, -0.15) is 0 Å². The van der Waals surface area contributed by atoms with E-state index in [1.807, 2.05) is 0 Å². The second kappa shape index (κ2) is 8.85. The molecule has 2 aliphatic heterocycles. The summed E-state index contributed by atoms with van der Waals surface area (Å²) >= 11 is 13.1. The van der Waals surface area contributed by atoms with Crippen LogP contribution < -0.4 is 0 Å². The molecular formula is C15H21N3O4S4. The second-order valence-corrected chi connectivity index (χ2v) is 10.1. The zero-order valence-corrected chi connectivity index (χ0v) is 18.1. The van der Waals surface area contributed by atoms with Gasteiger partial charge in [0.05, 0.1) is 0 Å². The predicted octanol–water partition coefficient (Wildman–Crippen LogP) is 1.94. The molecule has 2 heterocycles. The van der Waals surface area contributed by atoms with Crippen LogP contribution in [0.4, 0.5) is 4.79 Å². The minimum absolute atomic E-state index is 0.269. The fraction of sp³-hybridized carbons (Fsp3) is 0.667. The Morgan fingerprint density at radius 1 is 1.00 bits per heavy atom. The molecule has 2 fully saturated rings. The van der Waals surface area contributed by atoms with Crippen molar-refractivity contribution in [2.24, 2.45) is 0 Å². The monoisotopic (exact) mass is 435 g/mol. The molecule has 2 saturated heterocycles. The molecule has 7 nitrogen and oxygen atoms in total. The molecule has 3 amide bonds. The van der Waals surface area contributed by atoms with Crippen molar-refractivity contribution in [2.45, 2.75) is 26.4 Å². The fourth-order valence-corrected chi connectivity index (χ4v) is 4.73. The maximum Gasteiger partial charge on any atom is 0.411 e. The molecule has 0 spiro atoms. The molecule has 0 aromatic heterocycles. The molecule has 0 aromatic carbocycles. The lowest BCUT2D eigenvalue weighted by Crippen LogP contribution is -2.49. The van der Waals surface area contributed by atoms with Gasteiger partial charge < -0.3 is 4.74 Å². The van der Waals surface area contributed by atoms with Crippen LogP contribution in [0.15, 0.2) is 0 Å². The van der Waals surface area contributed by atoms with Crippen LogP contribution in [0.5, 0.6) is 0 Å². The molecule has 26 heavy (non-hydrogen) atoms. The minimum atomic E-state index is -0.737. The first-order valence-corrected chi connectivity index (χ1v) is 10.8. The third kappa shape index (κ3) is 5.80. The smallest absolute Gasteiger partial charge is 0.411 e. The number of carbonyl (C=O) groups is 3. The number of thiocarbonyl (C=S) groups is 2. The fourth-order valence-electron chi connectivity index (χ4n) is 2.25. The van der Waals surface area contributed by atoms with E-state index in [0.29, 0.717) is 21.7 Å². The molecule has 0 bridgehead atoms. The number of rotatable bonds is 4. The lowest BCUT2D eigenvalue weighted by Gasteiger charge is -2.29.